The fraction of sp³-hybridized carbons (Fsp3) is 0.500. The number of carbonyl (C=O) groups excluding carboxylic acids is 1. The number of amides is 1. The number of piperidine rings is 2. The van der Waals surface area contributed by atoms with Crippen molar-refractivity contribution in [1.29, 1.82) is 0 Å². The smallest absolute Gasteiger partial charge is 0.222 e. The number of carbonyl (C=O) groups is 1. The Morgan fingerprint density at radius 2 is 2.12 bits per heavy atom. The monoisotopic (exact) mass is 338 g/mol. The third kappa shape index (κ3) is 3.09. The van der Waals surface area contributed by atoms with Gasteiger partial charge in [-0.15, -0.1) is 0 Å². The molecule has 1 amide bonds. The molecule has 2 saturated heterocycles. The molecular formula is C20H26N4O. The minimum Gasteiger partial charge on any atom is -0.356 e. The third-order valence-electron chi connectivity index (χ3n) is 5.70. The van der Waals surface area contributed by atoms with E-state index >= 15 is 0 Å². The number of rotatable bonds is 4. The molecule has 2 aliphatic rings. The molecule has 0 spiro atoms. The number of benzene rings is 1. The van der Waals surface area contributed by atoms with Crippen LogP contribution in [-0.4, -0.2) is 55.1 Å². The number of likely N-dealkylation sites (N-methyl/N-ethyl adjacent to an activating group) is 1. The van der Waals surface area contributed by atoms with Crippen molar-refractivity contribution in [2.75, 3.05) is 38.1 Å². The maximum atomic E-state index is 12.4. The largest absolute Gasteiger partial charge is 0.356 e. The van der Waals surface area contributed by atoms with Gasteiger partial charge < -0.3 is 15.1 Å². The molecule has 4 rings (SSSR count). The maximum absolute atomic E-state index is 12.4. The van der Waals surface area contributed by atoms with E-state index in [2.05, 4.69) is 50.4 Å². The SMILES string of the molecule is CNCCN1C(=O)CC[C@H]2CN(c3nccc4ccccc34)CC[C@H]21. The van der Waals surface area contributed by atoms with Crippen molar-refractivity contribution in [3.63, 3.8) is 0 Å². The minimum absolute atomic E-state index is 0.327. The molecule has 1 N–H and O–H groups in total. The first-order valence-electron chi connectivity index (χ1n) is 9.30. The number of likely N-dealkylation sites (tertiary alicyclic amines) is 1. The molecule has 0 radical (unpaired) electrons. The lowest BCUT2D eigenvalue weighted by atomic mass is 9.83. The number of nitrogens with zero attached hydrogens (tertiary/aromatic N) is 3. The predicted molar refractivity (Wildman–Crippen MR) is 101 cm³/mol. The van der Waals surface area contributed by atoms with Crippen LogP contribution in [0, 0.1) is 5.92 Å². The fourth-order valence-corrected chi connectivity index (χ4v) is 4.42. The molecule has 25 heavy (non-hydrogen) atoms. The quantitative estimate of drug-likeness (QED) is 0.929. The highest BCUT2D eigenvalue weighted by Gasteiger charge is 2.39. The van der Waals surface area contributed by atoms with Crippen molar-refractivity contribution in [2.24, 2.45) is 5.92 Å². The Balaban J connectivity index is 1.55. The van der Waals surface area contributed by atoms with E-state index in [1.165, 1.54) is 10.8 Å². The van der Waals surface area contributed by atoms with Gasteiger partial charge in [-0.1, -0.05) is 24.3 Å². The van der Waals surface area contributed by atoms with Gasteiger partial charge in [0, 0.05) is 50.2 Å². The van der Waals surface area contributed by atoms with Crippen LogP contribution >= 0.6 is 0 Å². The zero-order chi connectivity index (χ0) is 17.2. The van der Waals surface area contributed by atoms with Gasteiger partial charge in [-0.25, -0.2) is 4.98 Å². The van der Waals surface area contributed by atoms with Crippen LogP contribution in [0.1, 0.15) is 19.3 Å². The highest BCUT2D eigenvalue weighted by molar-refractivity contribution is 5.92. The number of anilines is 1. The summed E-state index contributed by atoms with van der Waals surface area (Å²) in [5.41, 5.74) is 0. The lowest BCUT2D eigenvalue weighted by Crippen LogP contribution is -2.57. The van der Waals surface area contributed by atoms with E-state index in [-0.39, 0.29) is 0 Å². The number of hydrogen-bond acceptors (Lipinski definition) is 4. The molecule has 2 aromatic rings. The van der Waals surface area contributed by atoms with E-state index < -0.39 is 0 Å². The van der Waals surface area contributed by atoms with E-state index in [1.807, 2.05) is 13.2 Å². The molecule has 0 unspecified atom stereocenters. The normalized spacial score (nSPS) is 23.8. The minimum atomic E-state index is 0.327. The summed E-state index contributed by atoms with van der Waals surface area (Å²) >= 11 is 0. The summed E-state index contributed by atoms with van der Waals surface area (Å²) in [6.45, 7) is 3.65. The zero-order valence-corrected chi connectivity index (χ0v) is 14.8. The summed E-state index contributed by atoms with van der Waals surface area (Å²) in [4.78, 5) is 21.6. The molecule has 1 aromatic heterocycles. The predicted octanol–water partition coefficient (Wildman–Crippen LogP) is 2.27. The maximum Gasteiger partial charge on any atom is 0.222 e. The number of fused-ring (bicyclic) bond motifs is 2. The Morgan fingerprint density at radius 1 is 1.24 bits per heavy atom. The Morgan fingerprint density at radius 3 is 3.00 bits per heavy atom. The molecule has 0 saturated carbocycles. The second kappa shape index (κ2) is 7.00. The second-order valence-corrected chi connectivity index (χ2v) is 7.15. The van der Waals surface area contributed by atoms with Crippen LogP contribution in [0.5, 0.6) is 0 Å². The lowest BCUT2D eigenvalue weighted by molar-refractivity contribution is -0.139. The summed E-state index contributed by atoms with van der Waals surface area (Å²) in [5, 5.41) is 5.64. The van der Waals surface area contributed by atoms with Crippen LogP contribution in [0.4, 0.5) is 5.82 Å². The molecule has 0 bridgehead atoms. The molecular weight excluding hydrogens is 312 g/mol. The molecule has 1 aromatic carbocycles. The van der Waals surface area contributed by atoms with Crippen LogP contribution in [0.3, 0.4) is 0 Å². The van der Waals surface area contributed by atoms with Crippen molar-refractivity contribution in [2.45, 2.75) is 25.3 Å². The standard InChI is InChI=1S/C20H26N4O/c1-21-11-13-24-18-9-12-23(14-16(18)6-7-19(24)25)20-17-5-3-2-4-15(17)8-10-22-20/h2-5,8,10,16,18,21H,6-7,9,11-14H2,1H3/t16-,18+/m0/s1. The average molecular weight is 338 g/mol. The van der Waals surface area contributed by atoms with Gasteiger partial charge in [0.05, 0.1) is 0 Å². The van der Waals surface area contributed by atoms with E-state index in [1.54, 1.807) is 0 Å². The second-order valence-electron chi connectivity index (χ2n) is 7.15. The molecule has 132 valence electrons. The van der Waals surface area contributed by atoms with Crippen LogP contribution in [0.15, 0.2) is 36.5 Å². The van der Waals surface area contributed by atoms with Gasteiger partial charge in [-0.05, 0) is 37.3 Å². The van der Waals surface area contributed by atoms with Crippen molar-refractivity contribution in [3.05, 3.63) is 36.5 Å². The van der Waals surface area contributed by atoms with Gasteiger partial charge in [0.1, 0.15) is 5.82 Å². The van der Waals surface area contributed by atoms with Crippen LogP contribution < -0.4 is 10.2 Å². The van der Waals surface area contributed by atoms with Gasteiger partial charge in [-0.2, -0.15) is 0 Å². The van der Waals surface area contributed by atoms with Crippen LogP contribution in [-0.2, 0) is 4.79 Å². The first kappa shape index (κ1) is 16.3. The number of pyridine rings is 1. The first-order chi connectivity index (χ1) is 12.3. The average Bonchev–Trinajstić information content (AvgIpc) is 2.66. The van der Waals surface area contributed by atoms with E-state index in [4.69, 9.17) is 0 Å². The Hall–Kier alpha value is -2.14. The Labute approximate surface area is 149 Å². The van der Waals surface area contributed by atoms with E-state index in [0.717, 1.165) is 44.8 Å². The summed E-state index contributed by atoms with van der Waals surface area (Å²) in [7, 11) is 1.95. The summed E-state index contributed by atoms with van der Waals surface area (Å²) < 4.78 is 0. The molecule has 2 aliphatic heterocycles. The summed E-state index contributed by atoms with van der Waals surface area (Å²) in [6, 6.07) is 10.9. The van der Waals surface area contributed by atoms with E-state index in [9.17, 15) is 4.79 Å². The molecule has 2 atom stereocenters. The highest BCUT2D eigenvalue weighted by atomic mass is 16.2. The number of nitrogens with one attached hydrogen (secondary N) is 1. The summed E-state index contributed by atoms with van der Waals surface area (Å²) in [5.74, 6) is 1.97. The fourth-order valence-electron chi connectivity index (χ4n) is 4.42. The van der Waals surface area contributed by atoms with Crippen LogP contribution in [0.25, 0.3) is 10.8 Å². The molecule has 3 heterocycles. The molecule has 0 aliphatic carbocycles. The van der Waals surface area contributed by atoms with Gasteiger partial charge in [0.15, 0.2) is 0 Å². The summed E-state index contributed by atoms with van der Waals surface area (Å²) in [6.07, 6.45) is 4.63. The topological polar surface area (TPSA) is 48.5 Å². The molecule has 5 nitrogen and oxygen atoms in total. The zero-order valence-electron chi connectivity index (χ0n) is 14.8. The van der Waals surface area contributed by atoms with Crippen molar-refractivity contribution in [1.82, 2.24) is 15.2 Å². The van der Waals surface area contributed by atoms with Crippen LogP contribution in [0.2, 0.25) is 0 Å². The van der Waals surface area contributed by atoms with Gasteiger partial charge in [0.2, 0.25) is 5.91 Å². The third-order valence-corrected chi connectivity index (χ3v) is 5.70. The number of aromatic nitrogens is 1. The lowest BCUT2D eigenvalue weighted by Gasteiger charge is -2.47. The van der Waals surface area contributed by atoms with Crippen molar-refractivity contribution in [3.8, 4) is 0 Å². The van der Waals surface area contributed by atoms with Gasteiger partial charge >= 0.3 is 0 Å². The van der Waals surface area contributed by atoms with Crippen molar-refractivity contribution >= 4 is 22.5 Å². The van der Waals surface area contributed by atoms with Gasteiger partial charge in [0.25, 0.3) is 0 Å². The van der Waals surface area contributed by atoms with Crippen molar-refractivity contribution < 1.29 is 4.79 Å². The Kier molecular flexibility index (Phi) is 4.57. The van der Waals surface area contributed by atoms with Gasteiger partial charge in [-0.3, -0.25) is 4.79 Å². The van der Waals surface area contributed by atoms with E-state index in [0.29, 0.717) is 24.3 Å². The highest BCUT2D eigenvalue weighted by Crippen LogP contribution is 2.34. The molecule has 2 fully saturated rings. The molecule has 5 heteroatoms. The Bertz CT molecular complexity index is 757. The number of hydrogen-bond donors (Lipinski definition) is 1. The first-order valence-corrected chi connectivity index (χ1v) is 9.30.